The highest BCUT2D eigenvalue weighted by Crippen LogP contribution is 2.29. The van der Waals surface area contributed by atoms with Gasteiger partial charge in [-0.3, -0.25) is 9.59 Å². The Morgan fingerprint density at radius 2 is 1.95 bits per heavy atom. The summed E-state index contributed by atoms with van der Waals surface area (Å²) in [5.41, 5.74) is 4.43. The molecule has 6 nitrogen and oxygen atoms in total. The van der Waals surface area contributed by atoms with Gasteiger partial charge in [-0.15, -0.1) is 0 Å². The predicted molar refractivity (Wildman–Crippen MR) is 68.4 cm³/mol. The normalized spacial score (nSPS) is 10.9. The fraction of sp³-hybridized carbons (Fsp3) is 0.385. The van der Waals surface area contributed by atoms with Crippen molar-refractivity contribution in [2.75, 3.05) is 13.7 Å². The molecule has 0 aromatic heterocycles. The monoisotopic (exact) mass is 267 g/mol. The summed E-state index contributed by atoms with van der Waals surface area (Å²) in [4.78, 5) is 22.0. The van der Waals surface area contributed by atoms with E-state index in [1.807, 2.05) is 0 Å². The van der Waals surface area contributed by atoms with Crippen LogP contribution in [0, 0.1) is 5.41 Å². The average Bonchev–Trinajstić information content (AvgIpc) is 2.35. The van der Waals surface area contributed by atoms with Gasteiger partial charge in [-0.25, -0.2) is 0 Å². The molecule has 104 valence electrons. The maximum Gasteiger partial charge on any atom is 0.312 e. The molecule has 1 amide bonds. The second kappa shape index (κ2) is 5.60. The number of carboxylic acid groups (broad SMARTS) is 1. The first kappa shape index (κ1) is 14.8. The lowest BCUT2D eigenvalue weighted by Crippen LogP contribution is -2.30. The Balaban J connectivity index is 2.90. The largest absolute Gasteiger partial charge is 0.493 e. The summed E-state index contributed by atoms with van der Waals surface area (Å²) >= 11 is 0. The van der Waals surface area contributed by atoms with Crippen LogP contribution in [0.1, 0.15) is 24.2 Å². The van der Waals surface area contributed by atoms with Gasteiger partial charge in [0.15, 0.2) is 11.5 Å². The zero-order valence-corrected chi connectivity index (χ0v) is 11.1. The molecule has 0 aliphatic heterocycles. The number of ether oxygens (including phenoxy) is 2. The van der Waals surface area contributed by atoms with Crippen molar-refractivity contribution in [2.24, 2.45) is 11.1 Å². The van der Waals surface area contributed by atoms with E-state index in [2.05, 4.69) is 0 Å². The minimum absolute atomic E-state index is 0.0192. The number of hydrogen-bond donors (Lipinski definition) is 2. The van der Waals surface area contributed by atoms with Crippen molar-refractivity contribution in [3.05, 3.63) is 23.8 Å². The number of methoxy groups -OCH3 is 1. The van der Waals surface area contributed by atoms with Gasteiger partial charge >= 0.3 is 5.97 Å². The Hall–Kier alpha value is -2.24. The summed E-state index contributed by atoms with van der Waals surface area (Å²) in [5.74, 6) is -0.838. The van der Waals surface area contributed by atoms with Crippen molar-refractivity contribution in [2.45, 2.75) is 13.8 Å². The molecule has 0 heterocycles. The van der Waals surface area contributed by atoms with Gasteiger partial charge < -0.3 is 20.3 Å². The fourth-order valence-electron chi connectivity index (χ4n) is 1.26. The quantitative estimate of drug-likeness (QED) is 0.809. The van der Waals surface area contributed by atoms with E-state index < -0.39 is 17.3 Å². The van der Waals surface area contributed by atoms with Crippen LogP contribution in [0.4, 0.5) is 0 Å². The number of carboxylic acids is 1. The molecule has 0 saturated heterocycles. The van der Waals surface area contributed by atoms with E-state index in [-0.39, 0.29) is 6.61 Å². The molecule has 0 saturated carbocycles. The second-order valence-electron chi connectivity index (χ2n) is 4.71. The van der Waals surface area contributed by atoms with E-state index >= 15 is 0 Å². The van der Waals surface area contributed by atoms with Crippen LogP contribution < -0.4 is 15.2 Å². The van der Waals surface area contributed by atoms with Crippen LogP contribution in [-0.4, -0.2) is 30.7 Å². The molecule has 0 bridgehead atoms. The lowest BCUT2D eigenvalue weighted by Gasteiger charge is -2.20. The predicted octanol–water partition coefficient (Wildman–Crippen LogP) is 1.28. The van der Waals surface area contributed by atoms with Gasteiger partial charge in [-0.1, -0.05) is 0 Å². The molecule has 3 N–H and O–H groups in total. The summed E-state index contributed by atoms with van der Waals surface area (Å²) < 4.78 is 10.5. The van der Waals surface area contributed by atoms with E-state index in [1.165, 1.54) is 25.3 Å². The first-order valence-corrected chi connectivity index (χ1v) is 5.62. The van der Waals surface area contributed by atoms with Crippen molar-refractivity contribution < 1.29 is 24.2 Å². The fourth-order valence-corrected chi connectivity index (χ4v) is 1.26. The van der Waals surface area contributed by atoms with Crippen molar-refractivity contribution in [3.63, 3.8) is 0 Å². The van der Waals surface area contributed by atoms with Crippen molar-refractivity contribution in [3.8, 4) is 11.5 Å². The van der Waals surface area contributed by atoms with E-state index in [0.29, 0.717) is 17.1 Å². The number of nitrogens with two attached hydrogens (primary N) is 1. The zero-order chi connectivity index (χ0) is 14.6. The number of amides is 1. The van der Waals surface area contributed by atoms with Crippen LogP contribution in [0.25, 0.3) is 0 Å². The molecule has 0 unspecified atom stereocenters. The first-order valence-electron chi connectivity index (χ1n) is 5.62. The van der Waals surface area contributed by atoms with Gasteiger partial charge in [-0.05, 0) is 32.0 Å². The number of benzene rings is 1. The Morgan fingerprint density at radius 1 is 1.32 bits per heavy atom. The third kappa shape index (κ3) is 3.61. The van der Waals surface area contributed by atoms with Gasteiger partial charge in [0.2, 0.25) is 5.91 Å². The third-order valence-electron chi connectivity index (χ3n) is 2.62. The van der Waals surface area contributed by atoms with Gasteiger partial charge in [0.1, 0.15) is 6.61 Å². The number of carbonyl (C=O) groups excluding carboxylic acids is 1. The summed E-state index contributed by atoms with van der Waals surface area (Å²) in [6.45, 7) is 3.09. The van der Waals surface area contributed by atoms with Crippen LogP contribution in [0.5, 0.6) is 11.5 Å². The van der Waals surface area contributed by atoms with Crippen molar-refractivity contribution in [1.29, 1.82) is 0 Å². The standard InChI is InChI=1S/C13H17NO5/c1-13(2,12(16)17)7-19-9-5-4-8(11(14)15)6-10(9)18-3/h4-6H,7H2,1-3H3,(H2,14,15)(H,16,17). The first-order chi connectivity index (χ1) is 8.77. The smallest absolute Gasteiger partial charge is 0.312 e. The molecular weight excluding hydrogens is 250 g/mol. The third-order valence-corrected chi connectivity index (χ3v) is 2.62. The highest BCUT2D eigenvalue weighted by atomic mass is 16.5. The molecule has 0 radical (unpaired) electrons. The Kier molecular flexibility index (Phi) is 4.37. The van der Waals surface area contributed by atoms with Gasteiger partial charge in [-0.2, -0.15) is 0 Å². The topological polar surface area (TPSA) is 98.9 Å². The van der Waals surface area contributed by atoms with E-state index in [4.69, 9.17) is 20.3 Å². The van der Waals surface area contributed by atoms with Gasteiger partial charge in [0.05, 0.1) is 12.5 Å². The van der Waals surface area contributed by atoms with Crippen LogP contribution in [0.3, 0.4) is 0 Å². The maximum atomic E-state index is 11.0. The van der Waals surface area contributed by atoms with E-state index in [0.717, 1.165) is 0 Å². The number of rotatable bonds is 6. The molecule has 0 spiro atoms. The van der Waals surface area contributed by atoms with Gasteiger partial charge in [0, 0.05) is 5.56 Å². The summed E-state index contributed by atoms with van der Waals surface area (Å²) in [6, 6.07) is 4.47. The van der Waals surface area contributed by atoms with Crippen LogP contribution in [0.2, 0.25) is 0 Å². The SMILES string of the molecule is COc1cc(C(N)=O)ccc1OCC(C)(C)C(=O)O. The van der Waals surface area contributed by atoms with Crippen molar-refractivity contribution in [1.82, 2.24) is 0 Å². The minimum Gasteiger partial charge on any atom is -0.493 e. The Labute approximate surface area is 111 Å². The highest BCUT2D eigenvalue weighted by molar-refractivity contribution is 5.93. The Bertz CT molecular complexity index is 496. The lowest BCUT2D eigenvalue weighted by molar-refractivity contribution is -0.148. The maximum absolute atomic E-state index is 11.0. The molecule has 19 heavy (non-hydrogen) atoms. The molecule has 0 fully saturated rings. The van der Waals surface area contributed by atoms with Crippen LogP contribution >= 0.6 is 0 Å². The summed E-state index contributed by atoms with van der Waals surface area (Å²) in [6.07, 6.45) is 0. The molecule has 1 aromatic rings. The average molecular weight is 267 g/mol. The molecule has 0 atom stereocenters. The molecule has 6 heteroatoms. The number of carbonyl (C=O) groups is 2. The molecular formula is C13H17NO5. The number of aliphatic carboxylic acids is 1. The molecule has 1 aromatic carbocycles. The van der Waals surface area contributed by atoms with Crippen LogP contribution in [0.15, 0.2) is 18.2 Å². The Morgan fingerprint density at radius 3 is 2.42 bits per heavy atom. The number of primary amides is 1. The summed E-state index contributed by atoms with van der Waals surface area (Å²) in [5, 5.41) is 8.99. The minimum atomic E-state index is -1.02. The lowest BCUT2D eigenvalue weighted by atomic mass is 9.95. The zero-order valence-electron chi connectivity index (χ0n) is 11.1. The molecule has 0 aliphatic rings. The van der Waals surface area contributed by atoms with E-state index in [1.54, 1.807) is 13.8 Å². The highest BCUT2D eigenvalue weighted by Gasteiger charge is 2.28. The molecule has 0 aliphatic carbocycles. The summed E-state index contributed by atoms with van der Waals surface area (Å²) in [7, 11) is 1.43. The second-order valence-corrected chi connectivity index (χ2v) is 4.71. The number of hydrogen-bond acceptors (Lipinski definition) is 4. The van der Waals surface area contributed by atoms with Gasteiger partial charge in [0.25, 0.3) is 0 Å². The molecule has 1 rings (SSSR count). The van der Waals surface area contributed by atoms with Crippen LogP contribution in [-0.2, 0) is 4.79 Å². The van der Waals surface area contributed by atoms with E-state index in [9.17, 15) is 9.59 Å². The van der Waals surface area contributed by atoms with Crippen molar-refractivity contribution >= 4 is 11.9 Å².